The van der Waals surface area contributed by atoms with Crippen molar-refractivity contribution in [3.63, 3.8) is 0 Å². The minimum absolute atomic E-state index is 0.0540. The number of aliphatic hydroxyl groups excluding tert-OH is 1. The van der Waals surface area contributed by atoms with Crippen LogP contribution in [0.5, 0.6) is 0 Å². The van der Waals surface area contributed by atoms with E-state index in [0.717, 1.165) is 0 Å². The first kappa shape index (κ1) is 9.73. The molecule has 0 spiro atoms. The highest BCUT2D eigenvalue weighted by molar-refractivity contribution is 5.88. The maximum atomic E-state index is 10.6. The number of carboxylic acid groups (broad SMARTS) is 1. The van der Waals surface area contributed by atoms with E-state index < -0.39 is 5.97 Å². The quantitative estimate of drug-likeness (QED) is 0.714. The molecule has 0 aromatic carbocycles. The summed E-state index contributed by atoms with van der Waals surface area (Å²) in [5.41, 5.74) is 0.745. The fraction of sp³-hybridized carbons (Fsp3) is 0.500. The zero-order chi connectivity index (χ0) is 10.0. The molecule has 0 aliphatic heterocycles. The summed E-state index contributed by atoms with van der Waals surface area (Å²) in [6, 6.07) is -0.187. The summed E-state index contributed by atoms with van der Waals surface area (Å²) >= 11 is 0. The zero-order valence-corrected chi connectivity index (χ0v) is 7.56. The molecule has 0 aliphatic rings. The molecule has 0 bridgehead atoms. The van der Waals surface area contributed by atoms with Crippen molar-refractivity contribution in [1.29, 1.82) is 0 Å². The van der Waals surface area contributed by atoms with E-state index in [0.29, 0.717) is 5.69 Å². The third-order valence-corrected chi connectivity index (χ3v) is 1.96. The van der Waals surface area contributed by atoms with E-state index in [1.165, 1.54) is 10.9 Å². The molecular formula is C8H12N2O3. The summed E-state index contributed by atoms with van der Waals surface area (Å²) in [7, 11) is 0. The summed E-state index contributed by atoms with van der Waals surface area (Å²) in [5, 5.41) is 21.5. The molecule has 0 amide bonds. The van der Waals surface area contributed by atoms with Crippen LogP contribution >= 0.6 is 0 Å². The fourth-order valence-corrected chi connectivity index (χ4v) is 1.16. The Labute approximate surface area is 75.6 Å². The second-order valence-electron chi connectivity index (χ2n) is 2.92. The highest BCUT2D eigenvalue weighted by Crippen LogP contribution is 2.12. The fourth-order valence-electron chi connectivity index (χ4n) is 1.16. The summed E-state index contributed by atoms with van der Waals surface area (Å²) < 4.78 is 1.50. The second-order valence-corrected chi connectivity index (χ2v) is 2.92. The molecule has 2 N–H and O–H groups in total. The number of hydrogen-bond donors (Lipinski definition) is 2. The van der Waals surface area contributed by atoms with E-state index in [4.69, 9.17) is 10.2 Å². The Morgan fingerprint density at radius 2 is 2.38 bits per heavy atom. The molecule has 1 aromatic heterocycles. The van der Waals surface area contributed by atoms with Gasteiger partial charge in [0.1, 0.15) is 5.56 Å². The molecule has 1 heterocycles. The molecule has 1 rings (SSSR count). The van der Waals surface area contributed by atoms with Gasteiger partial charge in [-0.25, -0.2) is 4.79 Å². The first-order chi connectivity index (χ1) is 6.07. The third-order valence-electron chi connectivity index (χ3n) is 1.96. The largest absolute Gasteiger partial charge is 0.478 e. The van der Waals surface area contributed by atoms with Crippen LogP contribution in [-0.2, 0) is 0 Å². The maximum Gasteiger partial charge on any atom is 0.339 e. The van der Waals surface area contributed by atoms with E-state index in [1.807, 2.05) is 0 Å². The van der Waals surface area contributed by atoms with Gasteiger partial charge >= 0.3 is 5.97 Å². The first-order valence-electron chi connectivity index (χ1n) is 3.96. The van der Waals surface area contributed by atoms with Crippen molar-refractivity contribution in [3.05, 3.63) is 17.5 Å². The number of rotatable bonds is 3. The second kappa shape index (κ2) is 3.57. The Balaban J connectivity index is 3.06. The van der Waals surface area contributed by atoms with Crippen LogP contribution in [0, 0.1) is 6.92 Å². The smallest absolute Gasteiger partial charge is 0.339 e. The van der Waals surface area contributed by atoms with Gasteiger partial charge in [0.25, 0.3) is 0 Å². The van der Waals surface area contributed by atoms with Gasteiger partial charge in [0.2, 0.25) is 0 Å². The summed E-state index contributed by atoms with van der Waals surface area (Å²) in [4.78, 5) is 10.6. The lowest BCUT2D eigenvalue weighted by Crippen LogP contribution is -2.13. The van der Waals surface area contributed by atoms with E-state index in [2.05, 4.69) is 5.10 Å². The SMILES string of the molecule is Cc1c(C(=O)O)cnn1C(C)CO. The van der Waals surface area contributed by atoms with Crippen LogP contribution in [0.2, 0.25) is 0 Å². The Morgan fingerprint density at radius 1 is 1.77 bits per heavy atom. The first-order valence-corrected chi connectivity index (χ1v) is 3.96. The third kappa shape index (κ3) is 1.70. The van der Waals surface area contributed by atoms with Crippen molar-refractivity contribution < 1.29 is 15.0 Å². The number of nitrogens with zero attached hydrogens (tertiary/aromatic N) is 2. The van der Waals surface area contributed by atoms with Crippen molar-refractivity contribution in [2.24, 2.45) is 0 Å². The van der Waals surface area contributed by atoms with Crippen LogP contribution in [0.4, 0.5) is 0 Å². The molecular weight excluding hydrogens is 172 g/mol. The van der Waals surface area contributed by atoms with E-state index >= 15 is 0 Å². The lowest BCUT2D eigenvalue weighted by molar-refractivity contribution is 0.0695. The van der Waals surface area contributed by atoms with Crippen molar-refractivity contribution >= 4 is 5.97 Å². The normalized spacial score (nSPS) is 12.8. The molecule has 1 unspecified atom stereocenters. The zero-order valence-electron chi connectivity index (χ0n) is 7.56. The van der Waals surface area contributed by atoms with Gasteiger partial charge < -0.3 is 10.2 Å². The van der Waals surface area contributed by atoms with Crippen LogP contribution in [0.25, 0.3) is 0 Å². The van der Waals surface area contributed by atoms with Gasteiger partial charge in [-0.2, -0.15) is 5.10 Å². The standard InChI is InChI=1S/C8H12N2O3/c1-5(4-11)10-6(2)7(3-9-10)8(12)13/h3,5,11H,4H2,1-2H3,(H,12,13). The molecule has 0 saturated carbocycles. The van der Waals surface area contributed by atoms with E-state index in [9.17, 15) is 4.79 Å². The number of hydrogen-bond acceptors (Lipinski definition) is 3. The van der Waals surface area contributed by atoms with Crippen molar-refractivity contribution in [2.45, 2.75) is 19.9 Å². The van der Waals surface area contributed by atoms with E-state index in [1.54, 1.807) is 13.8 Å². The molecule has 5 heteroatoms. The number of carbonyl (C=O) groups is 1. The lowest BCUT2D eigenvalue weighted by Gasteiger charge is -2.10. The molecule has 1 atom stereocenters. The van der Waals surface area contributed by atoms with Crippen LogP contribution in [0.1, 0.15) is 29.0 Å². The van der Waals surface area contributed by atoms with Crippen molar-refractivity contribution in [3.8, 4) is 0 Å². The topological polar surface area (TPSA) is 75.3 Å². The van der Waals surface area contributed by atoms with Crippen LogP contribution in [0.3, 0.4) is 0 Å². The minimum Gasteiger partial charge on any atom is -0.478 e. The molecule has 0 radical (unpaired) electrons. The van der Waals surface area contributed by atoms with Gasteiger partial charge in [0, 0.05) is 0 Å². The van der Waals surface area contributed by atoms with Gasteiger partial charge in [-0.3, -0.25) is 4.68 Å². The molecule has 0 fully saturated rings. The molecule has 72 valence electrons. The predicted octanol–water partition coefficient (Wildman–Crippen LogP) is 0.443. The summed E-state index contributed by atoms with van der Waals surface area (Å²) in [6.07, 6.45) is 1.30. The highest BCUT2D eigenvalue weighted by atomic mass is 16.4. The molecule has 1 aromatic rings. The number of aromatic nitrogens is 2. The lowest BCUT2D eigenvalue weighted by atomic mass is 10.2. The Morgan fingerprint density at radius 3 is 2.77 bits per heavy atom. The van der Waals surface area contributed by atoms with E-state index in [-0.39, 0.29) is 18.2 Å². The predicted molar refractivity (Wildman–Crippen MR) is 45.7 cm³/mol. The average molecular weight is 184 g/mol. The maximum absolute atomic E-state index is 10.6. The highest BCUT2D eigenvalue weighted by Gasteiger charge is 2.15. The number of aliphatic hydroxyl groups is 1. The van der Waals surface area contributed by atoms with Crippen molar-refractivity contribution in [2.75, 3.05) is 6.61 Å². The molecule has 13 heavy (non-hydrogen) atoms. The van der Waals surface area contributed by atoms with Crippen LogP contribution in [-0.4, -0.2) is 32.6 Å². The number of aromatic carboxylic acids is 1. The van der Waals surface area contributed by atoms with Gasteiger partial charge in [-0.05, 0) is 13.8 Å². The summed E-state index contributed by atoms with van der Waals surface area (Å²) in [5.74, 6) is -0.992. The monoisotopic (exact) mass is 184 g/mol. The van der Waals surface area contributed by atoms with Gasteiger partial charge in [-0.15, -0.1) is 0 Å². The van der Waals surface area contributed by atoms with Gasteiger partial charge in [0.15, 0.2) is 0 Å². The van der Waals surface area contributed by atoms with Gasteiger partial charge in [0.05, 0.1) is 24.5 Å². The summed E-state index contributed by atoms with van der Waals surface area (Å²) in [6.45, 7) is 3.38. The van der Waals surface area contributed by atoms with Crippen molar-refractivity contribution in [1.82, 2.24) is 9.78 Å². The molecule has 0 saturated heterocycles. The molecule has 5 nitrogen and oxygen atoms in total. The Bertz CT molecular complexity index is 319. The number of carboxylic acids is 1. The Kier molecular flexibility index (Phi) is 2.67. The average Bonchev–Trinajstić information content (AvgIpc) is 2.46. The minimum atomic E-state index is -0.992. The molecule has 0 aliphatic carbocycles. The van der Waals surface area contributed by atoms with Crippen LogP contribution in [0.15, 0.2) is 6.20 Å². The van der Waals surface area contributed by atoms with Crippen LogP contribution < -0.4 is 0 Å². The van der Waals surface area contributed by atoms with Gasteiger partial charge in [-0.1, -0.05) is 0 Å². The Hall–Kier alpha value is -1.36.